The number of nitrogens with one attached hydrogen (secondary N) is 1. The van der Waals surface area contributed by atoms with E-state index in [1.165, 1.54) is 32.1 Å². The summed E-state index contributed by atoms with van der Waals surface area (Å²) in [4.78, 5) is 13.2. The molecule has 1 heterocycles. The predicted octanol–water partition coefficient (Wildman–Crippen LogP) is 5.21. The standard InChI is InChI=1S/C26H32N4O2S/c1-30-24(28-29-26(30)33-18-20-13-7-4-8-14-20)22(17-19-11-5-3-6-12-19)27-25(31)21-15-9-10-16-23(21)32-2/h3,5-6,9-12,15-16,20,22H,4,7-8,13-14,17-18H2,1-2H3,(H,27,31)/t22-/m1/s1. The van der Waals surface area contributed by atoms with E-state index in [-0.39, 0.29) is 11.9 Å². The maximum atomic E-state index is 13.2. The lowest BCUT2D eigenvalue weighted by Crippen LogP contribution is -2.32. The number of rotatable bonds is 9. The van der Waals surface area contributed by atoms with Gasteiger partial charge >= 0.3 is 0 Å². The summed E-state index contributed by atoms with van der Waals surface area (Å²) >= 11 is 1.78. The van der Waals surface area contributed by atoms with Gasteiger partial charge in [0.1, 0.15) is 5.75 Å². The van der Waals surface area contributed by atoms with Crippen LogP contribution in [0.25, 0.3) is 0 Å². The number of aromatic nitrogens is 3. The third-order valence-corrected chi connectivity index (χ3v) is 7.54. The van der Waals surface area contributed by atoms with Crippen LogP contribution in [-0.2, 0) is 13.5 Å². The molecule has 0 bridgehead atoms. The minimum Gasteiger partial charge on any atom is -0.496 e. The zero-order chi connectivity index (χ0) is 23.0. The topological polar surface area (TPSA) is 69.0 Å². The molecule has 1 fully saturated rings. The van der Waals surface area contributed by atoms with Crippen molar-refractivity contribution in [1.82, 2.24) is 20.1 Å². The maximum Gasteiger partial charge on any atom is 0.255 e. The molecule has 0 aliphatic heterocycles. The second-order valence-electron chi connectivity index (χ2n) is 8.63. The normalized spacial score (nSPS) is 15.2. The zero-order valence-electron chi connectivity index (χ0n) is 19.4. The molecular formula is C26H32N4O2S. The van der Waals surface area contributed by atoms with Crippen LogP contribution in [0.4, 0.5) is 0 Å². The number of carbonyl (C=O) groups is 1. The van der Waals surface area contributed by atoms with Crippen molar-refractivity contribution in [2.45, 2.75) is 49.7 Å². The first-order chi connectivity index (χ1) is 16.2. The quantitative estimate of drug-likeness (QED) is 0.440. The Balaban J connectivity index is 1.54. The first-order valence-corrected chi connectivity index (χ1v) is 12.6. The van der Waals surface area contributed by atoms with E-state index in [2.05, 4.69) is 27.6 Å². The average Bonchev–Trinajstić information content (AvgIpc) is 3.23. The molecule has 174 valence electrons. The molecule has 0 radical (unpaired) electrons. The number of amides is 1. The van der Waals surface area contributed by atoms with Crippen LogP contribution >= 0.6 is 11.8 Å². The monoisotopic (exact) mass is 464 g/mol. The number of carbonyl (C=O) groups excluding carboxylic acids is 1. The van der Waals surface area contributed by atoms with E-state index >= 15 is 0 Å². The van der Waals surface area contributed by atoms with Crippen LogP contribution in [0.3, 0.4) is 0 Å². The molecule has 0 unspecified atom stereocenters. The molecule has 1 amide bonds. The van der Waals surface area contributed by atoms with Crippen molar-refractivity contribution in [3.8, 4) is 5.75 Å². The van der Waals surface area contributed by atoms with Gasteiger partial charge in [-0.15, -0.1) is 10.2 Å². The van der Waals surface area contributed by atoms with Gasteiger partial charge in [0.25, 0.3) is 5.91 Å². The van der Waals surface area contributed by atoms with Gasteiger partial charge in [0, 0.05) is 12.8 Å². The Morgan fingerprint density at radius 1 is 1.09 bits per heavy atom. The number of hydrogen-bond acceptors (Lipinski definition) is 5. The van der Waals surface area contributed by atoms with E-state index in [4.69, 9.17) is 4.74 Å². The molecule has 1 aliphatic rings. The van der Waals surface area contributed by atoms with E-state index in [1.54, 1.807) is 31.0 Å². The molecule has 1 atom stereocenters. The Kier molecular flexibility index (Phi) is 8.05. The van der Waals surface area contributed by atoms with E-state index in [0.717, 1.165) is 28.2 Å². The molecule has 1 N–H and O–H groups in total. The molecule has 1 saturated carbocycles. The van der Waals surface area contributed by atoms with Crippen molar-refractivity contribution in [2.75, 3.05) is 12.9 Å². The minimum atomic E-state index is -0.314. The smallest absolute Gasteiger partial charge is 0.255 e. The van der Waals surface area contributed by atoms with Gasteiger partial charge < -0.3 is 14.6 Å². The van der Waals surface area contributed by atoms with Crippen LogP contribution in [0.15, 0.2) is 59.8 Å². The van der Waals surface area contributed by atoms with Gasteiger partial charge in [-0.25, -0.2) is 0 Å². The lowest BCUT2D eigenvalue weighted by atomic mass is 9.91. The minimum absolute atomic E-state index is 0.187. The highest BCUT2D eigenvalue weighted by atomic mass is 32.2. The Hall–Kier alpha value is -2.80. The molecule has 0 saturated heterocycles. The second kappa shape index (κ2) is 11.4. The Morgan fingerprint density at radius 3 is 2.58 bits per heavy atom. The van der Waals surface area contributed by atoms with E-state index < -0.39 is 0 Å². The van der Waals surface area contributed by atoms with Gasteiger partial charge in [-0.1, -0.05) is 73.5 Å². The summed E-state index contributed by atoms with van der Waals surface area (Å²) < 4.78 is 7.42. The fourth-order valence-corrected chi connectivity index (χ4v) is 5.53. The Morgan fingerprint density at radius 2 is 1.82 bits per heavy atom. The summed E-state index contributed by atoms with van der Waals surface area (Å²) in [6.45, 7) is 0. The number of thioether (sulfide) groups is 1. The number of para-hydroxylation sites is 1. The summed E-state index contributed by atoms with van der Waals surface area (Å²) in [7, 11) is 3.57. The summed E-state index contributed by atoms with van der Waals surface area (Å²) in [6.07, 6.45) is 7.28. The molecule has 1 aromatic heterocycles. The summed E-state index contributed by atoms with van der Waals surface area (Å²) in [5.74, 6) is 2.95. The molecule has 33 heavy (non-hydrogen) atoms. The lowest BCUT2D eigenvalue weighted by Gasteiger charge is -2.21. The van der Waals surface area contributed by atoms with Crippen molar-refractivity contribution < 1.29 is 9.53 Å². The van der Waals surface area contributed by atoms with Gasteiger partial charge in [-0.3, -0.25) is 4.79 Å². The maximum absolute atomic E-state index is 13.2. The summed E-state index contributed by atoms with van der Waals surface area (Å²) in [5, 5.41) is 13.1. The van der Waals surface area contributed by atoms with Crippen LogP contribution in [-0.4, -0.2) is 33.5 Å². The highest BCUT2D eigenvalue weighted by molar-refractivity contribution is 7.99. The molecule has 0 spiro atoms. The first-order valence-electron chi connectivity index (χ1n) is 11.7. The predicted molar refractivity (Wildman–Crippen MR) is 132 cm³/mol. The van der Waals surface area contributed by atoms with Crippen LogP contribution in [0, 0.1) is 5.92 Å². The molecule has 6 nitrogen and oxygen atoms in total. The number of nitrogens with zero attached hydrogens (tertiary/aromatic N) is 3. The number of benzene rings is 2. The molecular weight excluding hydrogens is 432 g/mol. The third kappa shape index (κ3) is 5.96. The lowest BCUT2D eigenvalue weighted by molar-refractivity contribution is 0.0931. The number of hydrogen-bond donors (Lipinski definition) is 1. The van der Waals surface area contributed by atoms with Gasteiger partial charge in [0.15, 0.2) is 11.0 Å². The van der Waals surface area contributed by atoms with Crippen molar-refractivity contribution in [3.05, 3.63) is 71.5 Å². The van der Waals surface area contributed by atoms with Crippen molar-refractivity contribution >= 4 is 17.7 Å². The largest absolute Gasteiger partial charge is 0.496 e. The molecule has 2 aromatic carbocycles. The average molecular weight is 465 g/mol. The zero-order valence-corrected chi connectivity index (χ0v) is 20.2. The van der Waals surface area contributed by atoms with Crippen LogP contribution < -0.4 is 10.1 Å². The summed E-state index contributed by atoms with van der Waals surface area (Å²) in [5.41, 5.74) is 1.63. The Bertz CT molecular complexity index is 1050. The van der Waals surface area contributed by atoms with Crippen molar-refractivity contribution in [1.29, 1.82) is 0 Å². The number of ether oxygens (including phenoxy) is 1. The molecule has 1 aliphatic carbocycles. The molecule has 3 aromatic rings. The first kappa shape index (κ1) is 23.4. The van der Waals surface area contributed by atoms with E-state index in [9.17, 15) is 4.79 Å². The van der Waals surface area contributed by atoms with E-state index in [1.807, 2.05) is 41.9 Å². The highest BCUT2D eigenvalue weighted by Gasteiger charge is 2.24. The van der Waals surface area contributed by atoms with Gasteiger partial charge in [-0.05, 0) is 42.9 Å². The molecule has 7 heteroatoms. The Labute approximate surface area is 200 Å². The third-order valence-electron chi connectivity index (χ3n) is 6.29. The SMILES string of the molecule is COc1ccccc1C(=O)N[C@H](Cc1ccccc1)c1nnc(SCC2CCCCC2)n1C. The van der Waals surface area contributed by atoms with Crippen molar-refractivity contribution in [3.63, 3.8) is 0 Å². The van der Waals surface area contributed by atoms with Gasteiger partial charge in [-0.2, -0.15) is 0 Å². The number of methoxy groups -OCH3 is 1. The fourth-order valence-electron chi connectivity index (χ4n) is 4.43. The van der Waals surface area contributed by atoms with Crippen LogP contribution in [0.2, 0.25) is 0 Å². The second-order valence-corrected chi connectivity index (χ2v) is 9.62. The van der Waals surface area contributed by atoms with Gasteiger partial charge in [0.2, 0.25) is 0 Å². The van der Waals surface area contributed by atoms with Crippen LogP contribution in [0.1, 0.15) is 59.9 Å². The molecule has 4 rings (SSSR count). The van der Waals surface area contributed by atoms with E-state index in [0.29, 0.717) is 17.7 Å². The van der Waals surface area contributed by atoms with Crippen LogP contribution in [0.5, 0.6) is 5.75 Å². The van der Waals surface area contributed by atoms with Crippen molar-refractivity contribution in [2.24, 2.45) is 13.0 Å². The highest BCUT2D eigenvalue weighted by Crippen LogP contribution is 2.30. The van der Waals surface area contributed by atoms with Gasteiger partial charge in [0.05, 0.1) is 18.7 Å². The summed E-state index contributed by atoms with van der Waals surface area (Å²) in [6, 6.07) is 17.1. The fraction of sp³-hybridized carbons (Fsp3) is 0.423.